The first-order valence-electron chi connectivity index (χ1n) is 47.0. The average molecular weight is 2150 g/mol. The maximum absolute atomic E-state index is 13.5. The second-order valence-corrected chi connectivity index (χ2v) is 37.3. The van der Waals surface area contributed by atoms with Gasteiger partial charge in [-0.05, 0) is 6.92 Å². The lowest BCUT2D eigenvalue weighted by molar-refractivity contribution is -0.401. The zero-order valence-electron chi connectivity index (χ0n) is 79.2. The summed E-state index contributed by atoms with van der Waals surface area (Å²) in [4.78, 5) is 65.9. The highest BCUT2D eigenvalue weighted by molar-refractivity contribution is 5.75. The summed E-state index contributed by atoms with van der Waals surface area (Å²) in [5.74, 6) is -5.03. The summed E-state index contributed by atoms with van der Waals surface area (Å²) in [6.45, 7) is -7.26. The van der Waals surface area contributed by atoms with Gasteiger partial charge in [-0.2, -0.15) is 0 Å². The molecule has 0 aromatic heterocycles. The van der Waals surface area contributed by atoms with E-state index >= 15 is 0 Å². The van der Waals surface area contributed by atoms with Gasteiger partial charge < -0.3 is 299 Å². The van der Waals surface area contributed by atoms with Gasteiger partial charge >= 0.3 is 0 Å². The molecule has 0 bridgehead atoms. The van der Waals surface area contributed by atoms with E-state index in [-0.39, 0.29) is 0 Å². The predicted molar refractivity (Wildman–Crippen MR) is 452 cm³/mol. The van der Waals surface area contributed by atoms with Gasteiger partial charge in [-0.25, -0.2) is 0 Å². The number of hydrogen-bond acceptors (Lipinski definition) is 60. The van der Waals surface area contributed by atoms with Crippen molar-refractivity contribution in [2.75, 3.05) is 72.7 Å². The Morgan fingerprint density at radius 3 is 0.762 bits per heavy atom. The molecule has 1 unspecified atom stereocenters. The van der Waals surface area contributed by atoms with Gasteiger partial charge in [-0.3, -0.25) is 24.0 Å². The van der Waals surface area contributed by atoms with Crippen molar-refractivity contribution < 1.29 is 296 Å². The van der Waals surface area contributed by atoms with Crippen LogP contribution in [0.15, 0.2) is 0 Å². The Hall–Kier alpha value is -4.85. The molecule has 5 amide bonds. The van der Waals surface area contributed by atoms with Gasteiger partial charge in [-0.1, -0.05) is 0 Å². The SMILES string of the molecule is CC(=O)N[C@H]1[C@H](O[C@H]2[C@H](O)[C@@H](NC(C)=O)C(O)O[C@@H]2CO[C@@H]2O[C@@H](C)[C@@H](O)[C@@H](O)[C@@H]2O)O[C@H](CO)[C@@H](O[C@@H]2O[C@H](CO[C@H]3O[C@H](CO)[C@@H](O[C@@H]4O[C@H](CO)[C@@H](O[C@H]5O[C@H](CO)[C@H](O)[C@H](O)[C@H]5O)[C@H](O)[C@H]4NC(C)=O)[C@H](O)[C@@H]3O[C@@H]3O[C@H](CO)[C@@H](O[C@H]4O[C@H](CO)[C@H](O)[C@H](O)[C@H]4O)[C@H](O)[C@H]3NC(C)=O)[C@@H](O)[C@H](O[C@H]3O[C@H](CO)[C@@H](O)[C@H](O)[C@@H]3O[C@@H]3O[C@H](CO)[C@@H](O[C@H]4O[C@H](CO)[C@H](O)[C@H](O)[C@H]4O)[C@H](O)[C@H]3NC(C)=O)[C@@H]2O)[C@@H]1O. The standard InChI is InChI=1S/C82H137N5O60/c1-18-40(102)51(113)56(118)76(127-18)125-17-34-67(46(108)35(71(124)128-34)83-19(2)97)140-73-37(85-21(4)99)48(110)65(31(14-95)134-73)144-80-61(123)68(145-82-69(55(117)44(106)27(10-91)132-82)146-74-38(86-22(5)100)49(111)63(29(12-93)135-74)142-78-58(120)53(115)42(104)25(8-89)130-78)45(107)33(138-80)16-126-81-70(147-75-39(87-23(6)101)50(112)64(30(13-94)136-75)143-79-59(121)54(116)43(105)26(9-90)131-79)60(122)66(32(15-96)137-81)139-72-36(84-20(3)98)47(109)62(28(11-92)133-72)141-77-57(119)52(114)41(103)24(7-88)129-77/h18,24-82,88-96,102-124H,7-17H2,1-6H3,(H,83,97)(H,84,98)(H,85,99)(H,86,100)(H,87,101)/t18-,24+,25+,26+,27+,28+,29+,30+,31+,32+,33+,34+,35+,36+,37+,38+,39+,40+,41-,42-,43-,44+,45+,46+,47+,48+,49+,50+,51+,52-,53-,54-,55-,56-,57+,58+,59+,60-,61-,62+,63+,64+,65+,66+,67+,68-,69-,70-,71?,72-,73-,74-,75-,76+,77+,78+,79+,80-,81-,82+/m0/s1. The molecule has 12 aliphatic rings. The maximum Gasteiger partial charge on any atom is 0.217 e. The zero-order chi connectivity index (χ0) is 108. The number of aliphatic hydroxyl groups excluding tert-OH is 32. The number of aliphatic hydroxyl groups is 32. The van der Waals surface area contributed by atoms with Crippen LogP contribution in [0, 0.1) is 0 Å². The van der Waals surface area contributed by atoms with Crippen molar-refractivity contribution in [2.45, 2.75) is 410 Å². The lowest BCUT2D eigenvalue weighted by Gasteiger charge is -2.51. The number of amides is 5. The van der Waals surface area contributed by atoms with E-state index < -0.39 is 470 Å². The van der Waals surface area contributed by atoms with Gasteiger partial charge in [-0.15, -0.1) is 0 Å². The van der Waals surface area contributed by atoms with E-state index in [1.807, 2.05) is 0 Å². The van der Waals surface area contributed by atoms with Crippen molar-refractivity contribution in [3.05, 3.63) is 0 Å². The molecule has 65 nitrogen and oxygen atoms in total. The van der Waals surface area contributed by atoms with Crippen LogP contribution in [0.3, 0.4) is 0 Å². The van der Waals surface area contributed by atoms with E-state index in [0.29, 0.717) is 0 Å². The summed E-state index contributed by atoms with van der Waals surface area (Å²) in [7, 11) is 0. The molecule has 0 aliphatic carbocycles. The van der Waals surface area contributed by atoms with E-state index in [1.54, 1.807) is 0 Å². The lowest BCUT2D eigenvalue weighted by atomic mass is 9.93. The first-order valence-corrected chi connectivity index (χ1v) is 47.0. The van der Waals surface area contributed by atoms with Crippen LogP contribution in [0.5, 0.6) is 0 Å². The maximum atomic E-state index is 13.5. The van der Waals surface area contributed by atoms with Crippen molar-refractivity contribution >= 4 is 29.5 Å². The van der Waals surface area contributed by atoms with Gasteiger partial charge in [0.1, 0.15) is 287 Å². The van der Waals surface area contributed by atoms with Crippen LogP contribution in [0.4, 0.5) is 0 Å². The van der Waals surface area contributed by atoms with Crippen LogP contribution in [-0.2, 0) is 133 Å². The molecule has 12 heterocycles. The van der Waals surface area contributed by atoms with E-state index in [0.717, 1.165) is 34.6 Å². The minimum atomic E-state index is -2.75. The first kappa shape index (κ1) is 121. The molecule has 0 aromatic rings. The van der Waals surface area contributed by atoms with Gasteiger partial charge in [0.15, 0.2) is 75.5 Å². The summed E-state index contributed by atoms with van der Waals surface area (Å²) < 4.78 is 139. The van der Waals surface area contributed by atoms with Gasteiger partial charge in [0.05, 0.1) is 78.8 Å². The molecule has 12 aliphatic heterocycles. The number of rotatable bonds is 38. The van der Waals surface area contributed by atoms with Crippen molar-refractivity contribution in [3.8, 4) is 0 Å². The quantitative estimate of drug-likeness (QED) is 0.0273. The molecular weight excluding hydrogens is 2010 g/mol. The Kier molecular flexibility index (Phi) is 43.4. The number of carbonyl (C=O) groups excluding carboxylic acids is 5. The van der Waals surface area contributed by atoms with E-state index in [4.69, 9.17) is 109 Å². The molecule has 65 heteroatoms. The van der Waals surface area contributed by atoms with Crippen molar-refractivity contribution in [3.63, 3.8) is 0 Å². The van der Waals surface area contributed by atoms with Crippen LogP contribution < -0.4 is 26.6 Å². The minimum Gasteiger partial charge on any atom is -0.394 e. The number of hydrogen-bond donors (Lipinski definition) is 37. The monoisotopic (exact) mass is 2150 g/mol. The zero-order valence-corrected chi connectivity index (χ0v) is 79.2. The third kappa shape index (κ3) is 26.8. The van der Waals surface area contributed by atoms with Crippen LogP contribution >= 0.6 is 0 Å². The van der Waals surface area contributed by atoms with Gasteiger partial charge in [0.2, 0.25) is 29.5 Å². The molecular formula is C82H137N5O60. The van der Waals surface area contributed by atoms with Crippen LogP contribution in [0.1, 0.15) is 41.5 Å². The fourth-order valence-corrected chi connectivity index (χ4v) is 19.2. The Bertz CT molecular complexity index is 4110. The molecule has 37 N–H and O–H groups in total. The van der Waals surface area contributed by atoms with Crippen molar-refractivity contribution in [2.24, 2.45) is 0 Å². The normalized spacial score (nSPS) is 49.6. The molecule has 12 fully saturated rings. The molecule has 0 spiro atoms. The Morgan fingerprint density at radius 1 is 0.190 bits per heavy atom. The van der Waals surface area contributed by atoms with Crippen molar-refractivity contribution in [1.29, 1.82) is 0 Å². The first-order chi connectivity index (χ1) is 69.5. The lowest BCUT2D eigenvalue weighted by Crippen LogP contribution is -2.71. The summed E-state index contributed by atoms with van der Waals surface area (Å²) in [6, 6.07) is -10.1. The molecule has 0 radical (unpaired) electrons. The Labute approximate surface area is 832 Å². The predicted octanol–water partition coefficient (Wildman–Crippen LogP) is -25.4. The summed E-state index contributed by atoms with van der Waals surface area (Å²) in [5.41, 5.74) is 0. The minimum absolute atomic E-state index is 0.873. The van der Waals surface area contributed by atoms with Crippen LogP contribution in [-0.4, -0.2) is 634 Å². The largest absolute Gasteiger partial charge is 0.394 e. The van der Waals surface area contributed by atoms with E-state index in [2.05, 4.69) is 26.6 Å². The molecule has 60 atom stereocenters. The second-order valence-electron chi connectivity index (χ2n) is 37.3. The summed E-state index contributed by atoms with van der Waals surface area (Å²) in [6.07, 6.45) is -119. The second kappa shape index (κ2) is 52.8. The molecule has 0 aromatic carbocycles. The Morgan fingerprint density at radius 2 is 0.422 bits per heavy atom. The number of carbonyl (C=O) groups is 5. The highest BCUT2D eigenvalue weighted by atomic mass is 16.8. The summed E-state index contributed by atoms with van der Waals surface area (Å²) >= 11 is 0. The van der Waals surface area contributed by atoms with Crippen molar-refractivity contribution in [1.82, 2.24) is 26.6 Å². The number of nitrogens with one attached hydrogen (secondary N) is 5. The Balaban J connectivity index is 0.921. The molecule has 850 valence electrons. The fourth-order valence-electron chi connectivity index (χ4n) is 19.2. The molecule has 0 saturated carbocycles. The highest BCUT2D eigenvalue weighted by Gasteiger charge is 2.64. The van der Waals surface area contributed by atoms with E-state index in [9.17, 15) is 187 Å². The topological polar surface area (TPSA) is 1010 Å². The van der Waals surface area contributed by atoms with Gasteiger partial charge in [0, 0.05) is 34.6 Å². The molecule has 12 rings (SSSR count). The average Bonchev–Trinajstić information content (AvgIpc) is 0.781. The smallest absolute Gasteiger partial charge is 0.217 e. The summed E-state index contributed by atoms with van der Waals surface area (Å²) in [5, 5.41) is 374. The fraction of sp³-hybridized carbons (Fsp3) is 0.939. The molecule has 12 saturated heterocycles. The van der Waals surface area contributed by atoms with Crippen LogP contribution in [0.25, 0.3) is 0 Å². The van der Waals surface area contributed by atoms with E-state index in [1.165, 1.54) is 6.92 Å². The van der Waals surface area contributed by atoms with Crippen LogP contribution in [0.2, 0.25) is 0 Å². The molecule has 147 heavy (non-hydrogen) atoms. The van der Waals surface area contributed by atoms with Gasteiger partial charge in [0.25, 0.3) is 0 Å². The third-order valence-electron chi connectivity index (χ3n) is 27.0. The number of ether oxygens (including phenoxy) is 23. The highest BCUT2D eigenvalue weighted by Crippen LogP contribution is 2.43. The third-order valence-corrected chi connectivity index (χ3v) is 27.0.